The molecule has 1 aromatic carbocycles. The number of carbonyl (C=O) groups is 1. The second-order valence-corrected chi connectivity index (χ2v) is 6.22. The highest BCUT2D eigenvalue weighted by Gasteiger charge is 2.28. The fraction of sp³-hybridized carbons (Fsp3) is 0.400. The van der Waals surface area contributed by atoms with Gasteiger partial charge in [0.05, 0.1) is 6.61 Å². The van der Waals surface area contributed by atoms with E-state index in [1.807, 2.05) is 53.6 Å². The number of hydrogen-bond donors (Lipinski definition) is 0. The number of rotatable bonds is 6. The molecule has 4 heteroatoms. The molecular formula is C20H24N2O2. The quantitative estimate of drug-likeness (QED) is 0.757. The Bertz CT molecular complexity index is 655. The molecule has 0 radical (unpaired) electrons. The molecule has 3 rings (SSSR count). The second-order valence-electron chi connectivity index (χ2n) is 6.22. The van der Waals surface area contributed by atoms with Crippen LogP contribution in [-0.2, 0) is 0 Å². The normalized spacial score (nSPS) is 17.0. The van der Waals surface area contributed by atoms with Crippen molar-refractivity contribution in [1.29, 1.82) is 0 Å². The molecule has 0 spiro atoms. The zero-order chi connectivity index (χ0) is 16.8. The van der Waals surface area contributed by atoms with E-state index >= 15 is 0 Å². The zero-order valence-electron chi connectivity index (χ0n) is 14.1. The number of amides is 1. The van der Waals surface area contributed by atoms with Gasteiger partial charge >= 0.3 is 0 Å². The van der Waals surface area contributed by atoms with Crippen molar-refractivity contribution >= 4 is 5.91 Å². The highest BCUT2D eigenvalue weighted by Crippen LogP contribution is 2.27. The van der Waals surface area contributed by atoms with Gasteiger partial charge in [-0.25, -0.2) is 0 Å². The number of hydrogen-bond acceptors (Lipinski definition) is 3. The molecule has 24 heavy (non-hydrogen) atoms. The van der Waals surface area contributed by atoms with E-state index < -0.39 is 0 Å². The van der Waals surface area contributed by atoms with E-state index in [1.165, 1.54) is 0 Å². The molecule has 1 aliphatic heterocycles. The molecule has 0 aliphatic carbocycles. The maximum Gasteiger partial charge on any atom is 0.253 e. The Morgan fingerprint density at radius 1 is 1.25 bits per heavy atom. The van der Waals surface area contributed by atoms with E-state index in [1.54, 1.807) is 0 Å². The molecule has 0 bridgehead atoms. The highest BCUT2D eigenvalue weighted by atomic mass is 16.5. The van der Waals surface area contributed by atoms with Crippen molar-refractivity contribution in [2.45, 2.75) is 32.1 Å². The molecule has 126 valence electrons. The summed E-state index contributed by atoms with van der Waals surface area (Å²) < 4.78 is 5.65. The summed E-state index contributed by atoms with van der Waals surface area (Å²) >= 11 is 0. The standard InChI is InChI=1S/C20H24N2O2/c1-2-3-14-24-18-9-7-16(8-10-18)20(23)22-13-11-17(15-22)19-6-4-5-12-21-19/h4-10,12,17H,2-3,11,13-15H2,1H3/t17-/m1/s1. The fourth-order valence-corrected chi connectivity index (χ4v) is 3.01. The van der Waals surface area contributed by atoms with Crippen molar-refractivity contribution in [1.82, 2.24) is 9.88 Å². The summed E-state index contributed by atoms with van der Waals surface area (Å²) in [6.45, 7) is 4.39. The Hall–Kier alpha value is -2.36. The molecule has 2 aromatic rings. The molecule has 4 nitrogen and oxygen atoms in total. The monoisotopic (exact) mass is 324 g/mol. The van der Waals surface area contributed by atoms with Crippen LogP contribution < -0.4 is 4.74 Å². The number of ether oxygens (including phenoxy) is 1. The van der Waals surface area contributed by atoms with Gasteiger partial charge < -0.3 is 9.64 Å². The van der Waals surface area contributed by atoms with Crippen molar-refractivity contribution in [2.75, 3.05) is 19.7 Å². The van der Waals surface area contributed by atoms with E-state index in [0.717, 1.165) is 56.0 Å². The van der Waals surface area contributed by atoms with Crippen LogP contribution in [0, 0.1) is 0 Å². The first-order valence-corrected chi connectivity index (χ1v) is 8.71. The molecule has 0 saturated carbocycles. The van der Waals surface area contributed by atoms with Crippen LogP contribution in [-0.4, -0.2) is 35.5 Å². The average Bonchev–Trinajstić information content (AvgIpc) is 3.13. The molecule has 1 aliphatic rings. The Labute approximate surface area is 143 Å². The predicted molar refractivity (Wildman–Crippen MR) is 94.3 cm³/mol. The van der Waals surface area contributed by atoms with Gasteiger partial charge in [0.25, 0.3) is 5.91 Å². The van der Waals surface area contributed by atoms with E-state index in [0.29, 0.717) is 5.92 Å². The van der Waals surface area contributed by atoms with Crippen molar-refractivity contribution in [3.05, 3.63) is 59.9 Å². The topological polar surface area (TPSA) is 42.4 Å². The lowest BCUT2D eigenvalue weighted by Gasteiger charge is -2.17. The second kappa shape index (κ2) is 7.95. The van der Waals surface area contributed by atoms with Gasteiger partial charge in [0, 0.05) is 36.5 Å². The molecule has 1 amide bonds. The maximum atomic E-state index is 12.7. The Kier molecular flexibility index (Phi) is 5.47. The van der Waals surface area contributed by atoms with Gasteiger partial charge in [-0.2, -0.15) is 0 Å². The van der Waals surface area contributed by atoms with E-state index in [4.69, 9.17) is 4.74 Å². The van der Waals surface area contributed by atoms with Gasteiger partial charge in [-0.3, -0.25) is 9.78 Å². The van der Waals surface area contributed by atoms with Gasteiger partial charge in [-0.15, -0.1) is 0 Å². The number of nitrogens with zero attached hydrogens (tertiary/aromatic N) is 2. The van der Waals surface area contributed by atoms with Gasteiger partial charge in [-0.1, -0.05) is 19.4 Å². The SMILES string of the molecule is CCCCOc1ccc(C(=O)N2CC[C@@H](c3ccccn3)C2)cc1. The van der Waals surface area contributed by atoms with E-state index in [-0.39, 0.29) is 5.91 Å². The first-order valence-electron chi connectivity index (χ1n) is 8.71. The van der Waals surface area contributed by atoms with E-state index in [9.17, 15) is 4.79 Å². The van der Waals surface area contributed by atoms with Crippen molar-refractivity contribution in [3.8, 4) is 5.75 Å². The average molecular weight is 324 g/mol. The van der Waals surface area contributed by atoms with Crippen molar-refractivity contribution < 1.29 is 9.53 Å². The van der Waals surface area contributed by atoms with Gasteiger partial charge in [-0.05, 0) is 49.2 Å². The van der Waals surface area contributed by atoms with Gasteiger partial charge in [0.2, 0.25) is 0 Å². The van der Waals surface area contributed by atoms with Crippen LogP contribution in [0.2, 0.25) is 0 Å². The smallest absolute Gasteiger partial charge is 0.253 e. The summed E-state index contributed by atoms with van der Waals surface area (Å²) in [5.41, 5.74) is 1.80. The van der Waals surface area contributed by atoms with Crippen LogP contribution in [0.5, 0.6) is 5.75 Å². The summed E-state index contributed by atoms with van der Waals surface area (Å²) in [6.07, 6.45) is 4.95. The molecule has 2 heterocycles. The molecule has 0 unspecified atom stereocenters. The first-order chi connectivity index (χ1) is 11.8. The number of likely N-dealkylation sites (tertiary alicyclic amines) is 1. The van der Waals surface area contributed by atoms with Crippen molar-refractivity contribution in [2.24, 2.45) is 0 Å². The number of unbranched alkanes of at least 4 members (excludes halogenated alkanes) is 1. The summed E-state index contributed by atoms with van der Waals surface area (Å²) in [5, 5.41) is 0. The molecule has 0 N–H and O–H groups in total. The minimum Gasteiger partial charge on any atom is -0.494 e. The highest BCUT2D eigenvalue weighted by molar-refractivity contribution is 5.94. The van der Waals surface area contributed by atoms with Crippen LogP contribution in [0.25, 0.3) is 0 Å². The lowest BCUT2D eigenvalue weighted by Crippen LogP contribution is -2.28. The van der Waals surface area contributed by atoms with Crippen LogP contribution in [0.3, 0.4) is 0 Å². The minimum absolute atomic E-state index is 0.0912. The minimum atomic E-state index is 0.0912. The lowest BCUT2D eigenvalue weighted by molar-refractivity contribution is 0.0790. The molecule has 1 atom stereocenters. The fourth-order valence-electron chi connectivity index (χ4n) is 3.01. The Morgan fingerprint density at radius 2 is 2.08 bits per heavy atom. The number of carbonyl (C=O) groups excluding carboxylic acids is 1. The third-order valence-electron chi connectivity index (χ3n) is 4.45. The molecule has 1 saturated heterocycles. The van der Waals surface area contributed by atoms with Gasteiger partial charge in [0.15, 0.2) is 0 Å². The molecule has 1 aromatic heterocycles. The number of pyridine rings is 1. The van der Waals surface area contributed by atoms with Crippen molar-refractivity contribution in [3.63, 3.8) is 0 Å². The third-order valence-corrected chi connectivity index (χ3v) is 4.45. The first kappa shape index (κ1) is 16.5. The largest absolute Gasteiger partial charge is 0.494 e. The van der Waals surface area contributed by atoms with Crippen LogP contribution in [0.1, 0.15) is 48.2 Å². The van der Waals surface area contributed by atoms with Crippen LogP contribution in [0.15, 0.2) is 48.7 Å². The third kappa shape index (κ3) is 3.94. The lowest BCUT2D eigenvalue weighted by atomic mass is 10.0. The van der Waals surface area contributed by atoms with E-state index in [2.05, 4.69) is 11.9 Å². The zero-order valence-corrected chi connectivity index (χ0v) is 14.1. The number of benzene rings is 1. The molecule has 1 fully saturated rings. The van der Waals surface area contributed by atoms with Crippen LogP contribution in [0.4, 0.5) is 0 Å². The van der Waals surface area contributed by atoms with Gasteiger partial charge in [0.1, 0.15) is 5.75 Å². The summed E-state index contributed by atoms with van der Waals surface area (Å²) in [4.78, 5) is 19.0. The van der Waals surface area contributed by atoms with Crippen LogP contribution >= 0.6 is 0 Å². The Morgan fingerprint density at radius 3 is 2.79 bits per heavy atom. The maximum absolute atomic E-state index is 12.7. The predicted octanol–water partition coefficient (Wildman–Crippen LogP) is 3.89. The number of aromatic nitrogens is 1. The summed E-state index contributed by atoms with van der Waals surface area (Å²) in [7, 11) is 0. The summed E-state index contributed by atoms with van der Waals surface area (Å²) in [5.74, 6) is 1.26. The Balaban J connectivity index is 1.59. The summed E-state index contributed by atoms with van der Waals surface area (Å²) in [6, 6.07) is 13.5. The molecular weight excluding hydrogens is 300 g/mol.